The smallest absolute Gasteiger partial charge is 0.235 e. The minimum atomic E-state index is -3.00. The number of aliphatic hydroxyl groups is 2. The largest absolute Gasteiger partial charge is 0.507 e. The van der Waals surface area contributed by atoms with Gasteiger partial charge in [0.05, 0.1) is 29.5 Å². The molecule has 8 atom stereocenters. The van der Waals surface area contributed by atoms with Gasteiger partial charge < -0.3 is 21.1 Å². The average molecular weight is 547 g/mol. The number of Topliss-reactive ketones (excluding diaryl/α,β-unsaturated/α-hetero) is 4. The normalized spacial score (nSPS) is 35.2. The van der Waals surface area contributed by atoms with Crippen molar-refractivity contribution in [3.63, 3.8) is 0 Å². The monoisotopic (exact) mass is 546 g/mol. The van der Waals surface area contributed by atoms with Crippen molar-refractivity contribution in [2.24, 2.45) is 29.4 Å². The summed E-state index contributed by atoms with van der Waals surface area (Å²) in [4.78, 5) is 68.9. The quantitative estimate of drug-likeness (QED) is 0.307. The Morgan fingerprint density at radius 2 is 1.71 bits per heavy atom. The molecule has 38 heavy (non-hydrogen) atoms. The molecule has 206 valence electrons. The zero-order valence-corrected chi connectivity index (χ0v) is 23.3. The van der Waals surface area contributed by atoms with Gasteiger partial charge in [-0.15, -0.1) is 11.8 Å². The van der Waals surface area contributed by atoms with Crippen molar-refractivity contribution in [3.8, 4) is 5.75 Å². The van der Waals surface area contributed by atoms with Crippen LogP contribution in [-0.2, 0) is 24.6 Å². The summed E-state index contributed by atoms with van der Waals surface area (Å²) in [5.74, 6) is -13.1. The molecule has 0 spiro atoms. The van der Waals surface area contributed by atoms with E-state index in [1.165, 1.54) is 30.8 Å². The highest BCUT2D eigenvalue weighted by Crippen LogP contribution is 2.56. The second-order valence-electron chi connectivity index (χ2n) is 11.9. The van der Waals surface area contributed by atoms with Crippen LogP contribution in [-0.4, -0.2) is 87.4 Å². The number of phenols is 1. The predicted octanol–water partition coefficient (Wildman–Crippen LogP) is 0.418. The lowest BCUT2D eigenvalue weighted by atomic mass is 9.49. The lowest BCUT2D eigenvalue weighted by Crippen LogP contribution is -2.77. The van der Waals surface area contributed by atoms with E-state index in [1.807, 2.05) is 27.0 Å². The van der Waals surface area contributed by atoms with Gasteiger partial charge in [0, 0.05) is 16.4 Å². The third-order valence-corrected chi connectivity index (χ3v) is 9.35. The van der Waals surface area contributed by atoms with Crippen LogP contribution in [0.25, 0.3) is 0 Å². The third-order valence-electron chi connectivity index (χ3n) is 8.57. The highest BCUT2D eigenvalue weighted by Gasteiger charge is 2.73. The van der Waals surface area contributed by atoms with E-state index in [1.54, 1.807) is 13.0 Å². The van der Waals surface area contributed by atoms with E-state index in [9.17, 15) is 39.3 Å². The van der Waals surface area contributed by atoms with Gasteiger partial charge in [-0.05, 0) is 43.3 Å². The molecule has 0 aromatic heterocycles. The van der Waals surface area contributed by atoms with E-state index in [0.29, 0.717) is 16.0 Å². The van der Waals surface area contributed by atoms with Gasteiger partial charge in [-0.1, -0.05) is 27.7 Å². The molecule has 5 N–H and O–H groups in total. The molecule has 11 heteroatoms. The molecule has 1 aromatic carbocycles. The SMILES string of the molecule is CSc1cc(C(C)(C)C)c(O)c2c1[C@H](C)[C@@H]1C(C2=O)C(=O)[C@]2(O)C(=O)C(C(N)=O)C(=O)[C@@H](N(C)C)[C@@H]2[C@H]1O. The maximum atomic E-state index is 14.1. The maximum Gasteiger partial charge on any atom is 0.235 e. The van der Waals surface area contributed by atoms with E-state index in [2.05, 4.69) is 0 Å². The van der Waals surface area contributed by atoms with Gasteiger partial charge >= 0.3 is 0 Å². The Bertz CT molecular complexity index is 1280. The average Bonchev–Trinajstić information content (AvgIpc) is 2.80. The lowest BCUT2D eigenvalue weighted by molar-refractivity contribution is -0.196. The van der Waals surface area contributed by atoms with Crippen LogP contribution in [0.5, 0.6) is 5.75 Å². The van der Waals surface area contributed by atoms with Crippen LogP contribution in [0.15, 0.2) is 11.0 Å². The summed E-state index contributed by atoms with van der Waals surface area (Å²) < 4.78 is 0. The van der Waals surface area contributed by atoms with Gasteiger partial charge in [0.15, 0.2) is 34.7 Å². The van der Waals surface area contributed by atoms with Crippen LogP contribution in [0.1, 0.15) is 55.1 Å². The molecular weight excluding hydrogens is 512 g/mol. The first-order valence-electron chi connectivity index (χ1n) is 12.4. The number of thioether (sulfide) groups is 1. The Labute approximate surface area is 224 Å². The number of nitrogens with zero attached hydrogens (tertiary/aromatic N) is 1. The molecule has 2 fully saturated rings. The molecule has 0 radical (unpaired) electrons. The van der Waals surface area contributed by atoms with Gasteiger partial charge in [-0.2, -0.15) is 0 Å². The Morgan fingerprint density at radius 1 is 1.13 bits per heavy atom. The Morgan fingerprint density at radius 3 is 2.18 bits per heavy atom. The number of fused-ring (bicyclic) bond motifs is 3. The fraction of sp³-hybridized carbons (Fsp3) is 0.593. The number of likely N-dealkylation sites (N-methyl/N-ethyl adjacent to an activating group) is 1. The van der Waals surface area contributed by atoms with Crippen LogP contribution >= 0.6 is 11.8 Å². The first-order chi connectivity index (χ1) is 17.4. The van der Waals surface area contributed by atoms with Crippen LogP contribution in [0.3, 0.4) is 0 Å². The number of phenolic OH excluding ortho intramolecular Hbond substituents is 1. The zero-order valence-electron chi connectivity index (χ0n) is 22.4. The summed E-state index contributed by atoms with van der Waals surface area (Å²) in [6.45, 7) is 7.31. The minimum absolute atomic E-state index is 0.0759. The number of primary amides is 1. The molecular formula is C27H34N2O8S. The van der Waals surface area contributed by atoms with Gasteiger partial charge in [-0.25, -0.2) is 0 Å². The summed E-state index contributed by atoms with van der Waals surface area (Å²) >= 11 is 1.35. The van der Waals surface area contributed by atoms with E-state index < -0.39 is 81.8 Å². The highest BCUT2D eigenvalue weighted by atomic mass is 32.2. The van der Waals surface area contributed by atoms with Crippen molar-refractivity contribution >= 4 is 40.8 Å². The number of amides is 1. The van der Waals surface area contributed by atoms with E-state index in [0.717, 1.165) is 0 Å². The molecule has 10 nitrogen and oxygen atoms in total. The van der Waals surface area contributed by atoms with Crippen molar-refractivity contribution < 1.29 is 39.3 Å². The molecule has 0 heterocycles. The number of nitrogens with two attached hydrogens (primary N) is 1. The maximum absolute atomic E-state index is 14.1. The molecule has 1 amide bonds. The van der Waals surface area contributed by atoms with E-state index in [4.69, 9.17) is 5.73 Å². The van der Waals surface area contributed by atoms with E-state index in [-0.39, 0.29) is 11.3 Å². The standard InChI is InChI=1S/C27H34N2O8S/c1-9-12-11(38-7)8-10(26(2,3)4)19(30)14(12)20(31)15-13(9)21(32)17-18(29(5)6)22(33)16(25(28)36)24(35)27(17,37)23(15)34/h8-9,13,15-18,21,30,32,37H,1-7H3,(H2,28,36)/t9-,13+,15?,16?,17+,18-,21-,27-/m0/s1. The van der Waals surface area contributed by atoms with Crippen molar-refractivity contribution in [3.05, 3.63) is 22.8 Å². The van der Waals surface area contributed by atoms with Crippen molar-refractivity contribution in [2.45, 2.75) is 61.7 Å². The van der Waals surface area contributed by atoms with Gasteiger partial charge in [-0.3, -0.25) is 28.9 Å². The Balaban J connectivity index is 2.01. The van der Waals surface area contributed by atoms with Crippen molar-refractivity contribution in [1.29, 1.82) is 0 Å². The highest BCUT2D eigenvalue weighted by molar-refractivity contribution is 7.98. The Hall–Kier alpha value is -2.60. The van der Waals surface area contributed by atoms with Crippen molar-refractivity contribution in [1.82, 2.24) is 4.90 Å². The summed E-state index contributed by atoms with van der Waals surface area (Å²) in [5, 5.41) is 34.7. The second kappa shape index (κ2) is 8.97. The molecule has 3 aliphatic rings. The fourth-order valence-corrected chi connectivity index (χ4v) is 7.58. The van der Waals surface area contributed by atoms with Gasteiger partial charge in [0.25, 0.3) is 0 Å². The number of aromatic hydroxyl groups is 1. The molecule has 0 bridgehead atoms. The number of aliphatic hydroxyl groups excluding tert-OH is 1. The number of ketones is 4. The number of carbonyl (C=O) groups excluding carboxylic acids is 5. The third kappa shape index (κ3) is 3.55. The van der Waals surface area contributed by atoms with Gasteiger partial charge in [0.1, 0.15) is 5.75 Å². The van der Waals surface area contributed by atoms with E-state index >= 15 is 0 Å². The molecule has 0 aliphatic heterocycles. The summed E-state index contributed by atoms with van der Waals surface area (Å²) in [6.07, 6.45) is 0.164. The number of carbonyl (C=O) groups is 5. The van der Waals surface area contributed by atoms with Gasteiger partial charge in [0.2, 0.25) is 5.91 Å². The molecule has 2 unspecified atom stereocenters. The first kappa shape index (κ1) is 28.4. The van der Waals surface area contributed by atoms with Crippen LogP contribution in [0.2, 0.25) is 0 Å². The van der Waals surface area contributed by atoms with Crippen LogP contribution in [0, 0.1) is 23.7 Å². The molecule has 2 saturated carbocycles. The number of benzene rings is 1. The summed E-state index contributed by atoms with van der Waals surface area (Å²) in [7, 11) is 2.92. The first-order valence-corrected chi connectivity index (χ1v) is 13.6. The van der Waals surface area contributed by atoms with Crippen LogP contribution in [0.4, 0.5) is 0 Å². The molecule has 3 aliphatic carbocycles. The Kier molecular flexibility index (Phi) is 6.71. The zero-order chi connectivity index (χ0) is 28.8. The predicted molar refractivity (Wildman–Crippen MR) is 138 cm³/mol. The van der Waals surface area contributed by atoms with Crippen LogP contribution < -0.4 is 5.73 Å². The summed E-state index contributed by atoms with van der Waals surface area (Å²) in [6, 6.07) is 0.403. The molecule has 1 aromatic rings. The summed E-state index contributed by atoms with van der Waals surface area (Å²) in [5.41, 5.74) is 2.66. The number of rotatable bonds is 3. The second-order valence-corrected chi connectivity index (χ2v) is 12.7. The van der Waals surface area contributed by atoms with Crippen molar-refractivity contribution in [2.75, 3.05) is 20.4 Å². The number of hydrogen-bond acceptors (Lipinski definition) is 10. The number of hydrogen-bond donors (Lipinski definition) is 4. The molecule has 0 saturated heterocycles. The molecule has 4 rings (SSSR count). The topological polar surface area (TPSA) is 175 Å². The lowest BCUT2D eigenvalue weighted by Gasteiger charge is -2.56. The minimum Gasteiger partial charge on any atom is -0.507 e. The fourth-order valence-electron chi connectivity index (χ4n) is 6.83.